The lowest BCUT2D eigenvalue weighted by atomic mass is 9.88. The van der Waals surface area contributed by atoms with Crippen LogP contribution in [0.3, 0.4) is 0 Å². The molecule has 106 valence electrons. The van der Waals surface area contributed by atoms with E-state index in [0.29, 0.717) is 10.8 Å². The third-order valence-electron chi connectivity index (χ3n) is 4.13. The third-order valence-corrected chi connectivity index (χ3v) is 4.42. The molecule has 2 rings (SSSR count). The summed E-state index contributed by atoms with van der Waals surface area (Å²) in [4.78, 5) is 2.44. The molecule has 1 N–H and O–H groups in total. The van der Waals surface area contributed by atoms with Crippen LogP contribution in [0.2, 0.25) is 5.02 Å². The van der Waals surface area contributed by atoms with Gasteiger partial charge in [-0.3, -0.25) is 4.90 Å². The zero-order valence-corrected chi connectivity index (χ0v) is 12.6. The summed E-state index contributed by atoms with van der Waals surface area (Å²) in [5.41, 5.74) is 1.08. The first-order valence-corrected chi connectivity index (χ1v) is 7.16. The van der Waals surface area contributed by atoms with Gasteiger partial charge in [-0.1, -0.05) is 25.4 Å². The van der Waals surface area contributed by atoms with E-state index in [0.717, 1.165) is 37.0 Å². The normalized spacial score (nSPS) is 24.4. The number of likely N-dealkylation sites (tertiary alicyclic amines) is 1. The number of ether oxygens (including phenoxy) is 1. The topological polar surface area (TPSA) is 32.7 Å². The number of phenolic OH excluding ortho intramolecular Hbond substituents is 1. The van der Waals surface area contributed by atoms with E-state index >= 15 is 0 Å². The van der Waals surface area contributed by atoms with E-state index in [1.54, 1.807) is 7.11 Å². The summed E-state index contributed by atoms with van der Waals surface area (Å²) in [6.07, 6.45) is 1.24. The first-order valence-electron chi connectivity index (χ1n) is 6.79. The molecular formula is C15H22ClNO2. The van der Waals surface area contributed by atoms with Crippen LogP contribution in [0, 0.1) is 11.8 Å². The van der Waals surface area contributed by atoms with E-state index in [-0.39, 0.29) is 5.75 Å². The Morgan fingerprint density at radius 3 is 2.74 bits per heavy atom. The summed E-state index contributed by atoms with van der Waals surface area (Å²) in [6.45, 7) is 7.71. The van der Waals surface area contributed by atoms with Crippen LogP contribution >= 0.6 is 11.6 Å². The molecule has 1 aliphatic heterocycles. The maximum Gasteiger partial charge on any atom is 0.176 e. The first-order chi connectivity index (χ1) is 9.01. The van der Waals surface area contributed by atoms with Gasteiger partial charge >= 0.3 is 0 Å². The van der Waals surface area contributed by atoms with E-state index in [1.807, 2.05) is 12.1 Å². The number of halogens is 1. The van der Waals surface area contributed by atoms with E-state index in [4.69, 9.17) is 16.3 Å². The molecule has 0 aliphatic carbocycles. The van der Waals surface area contributed by atoms with Gasteiger partial charge in [0.1, 0.15) is 0 Å². The van der Waals surface area contributed by atoms with Crippen LogP contribution < -0.4 is 4.74 Å². The third kappa shape index (κ3) is 3.34. The fraction of sp³-hybridized carbons (Fsp3) is 0.600. The van der Waals surface area contributed by atoms with Crippen molar-refractivity contribution in [2.75, 3.05) is 20.2 Å². The van der Waals surface area contributed by atoms with Crippen LogP contribution in [-0.2, 0) is 6.54 Å². The highest BCUT2D eigenvalue weighted by molar-refractivity contribution is 6.32. The van der Waals surface area contributed by atoms with E-state index in [9.17, 15) is 5.11 Å². The smallest absolute Gasteiger partial charge is 0.176 e. The van der Waals surface area contributed by atoms with Gasteiger partial charge in [-0.2, -0.15) is 0 Å². The average molecular weight is 284 g/mol. The van der Waals surface area contributed by atoms with Gasteiger partial charge in [-0.05, 0) is 42.5 Å². The predicted molar refractivity (Wildman–Crippen MR) is 77.9 cm³/mol. The Kier molecular flexibility index (Phi) is 4.58. The predicted octanol–water partition coefficient (Wildman–Crippen LogP) is 3.53. The monoisotopic (exact) mass is 283 g/mol. The molecule has 1 aromatic rings. The maximum atomic E-state index is 9.73. The van der Waals surface area contributed by atoms with Crippen molar-refractivity contribution in [1.29, 1.82) is 0 Å². The highest BCUT2D eigenvalue weighted by Gasteiger charge is 2.23. The summed E-state index contributed by atoms with van der Waals surface area (Å²) in [5.74, 6) is 1.99. The van der Waals surface area contributed by atoms with Gasteiger partial charge < -0.3 is 9.84 Å². The molecule has 0 radical (unpaired) electrons. The quantitative estimate of drug-likeness (QED) is 0.921. The van der Waals surface area contributed by atoms with Gasteiger partial charge in [0.2, 0.25) is 0 Å². The molecule has 4 heteroatoms. The highest BCUT2D eigenvalue weighted by atomic mass is 35.5. The van der Waals surface area contributed by atoms with Gasteiger partial charge in [-0.15, -0.1) is 0 Å². The van der Waals surface area contributed by atoms with Gasteiger partial charge in [-0.25, -0.2) is 0 Å². The Morgan fingerprint density at radius 2 is 2.11 bits per heavy atom. The van der Waals surface area contributed by atoms with Crippen molar-refractivity contribution in [3.63, 3.8) is 0 Å². The molecule has 1 saturated heterocycles. The number of rotatable bonds is 3. The van der Waals surface area contributed by atoms with E-state index in [2.05, 4.69) is 18.7 Å². The minimum absolute atomic E-state index is 0.0218. The molecule has 1 heterocycles. The summed E-state index contributed by atoms with van der Waals surface area (Å²) in [6, 6.07) is 3.69. The Labute approximate surface area is 120 Å². The summed E-state index contributed by atoms with van der Waals surface area (Å²) < 4.78 is 5.14. The van der Waals surface area contributed by atoms with Gasteiger partial charge in [0.15, 0.2) is 11.5 Å². The molecule has 0 spiro atoms. The van der Waals surface area contributed by atoms with Crippen molar-refractivity contribution in [3.05, 3.63) is 22.7 Å². The number of benzene rings is 1. The average Bonchev–Trinajstić information content (AvgIpc) is 2.38. The van der Waals surface area contributed by atoms with Crippen LogP contribution in [0.1, 0.15) is 25.8 Å². The molecule has 0 aromatic heterocycles. The lowest BCUT2D eigenvalue weighted by molar-refractivity contribution is 0.132. The Hall–Kier alpha value is -0.930. The number of phenols is 1. The van der Waals surface area contributed by atoms with E-state index in [1.165, 1.54) is 6.42 Å². The SMILES string of the molecule is COc1cc(CN2CCC(C)C(C)C2)cc(Cl)c1O. The molecule has 0 bridgehead atoms. The summed E-state index contributed by atoms with van der Waals surface area (Å²) in [5, 5.41) is 10.1. The Morgan fingerprint density at radius 1 is 1.37 bits per heavy atom. The minimum Gasteiger partial charge on any atom is -0.503 e. The van der Waals surface area contributed by atoms with Gasteiger partial charge in [0, 0.05) is 13.1 Å². The second kappa shape index (κ2) is 6.02. The lowest BCUT2D eigenvalue weighted by Gasteiger charge is -2.35. The molecule has 0 amide bonds. The van der Waals surface area contributed by atoms with Gasteiger partial charge in [0.25, 0.3) is 0 Å². The fourth-order valence-electron chi connectivity index (χ4n) is 2.63. The van der Waals surface area contributed by atoms with E-state index < -0.39 is 0 Å². The largest absolute Gasteiger partial charge is 0.503 e. The van der Waals surface area contributed by atoms with Crippen LogP contribution in [0.5, 0.6) is 11.5 Å². The molecule has 1 aromatic carbocycles. The summed E-state index contributed by atoms with van der Waals surface area (Å²) >= 11 is 6.02. The van der Waals surface area contributed by atoms with Crippen LogP contribution in [0.25, 0.3) is 0 Å². The summed E-state index contributed by atoms with van der Waals surface area (Å²) in [7, 11) is 1.54. The highest BCUT2D eigenvalue weighted by Crippen LogP contribution is 2.35. The van der Waals surface area contributed by atoms with Crippen LogP contribution in [0.15, 0.2) is 12.1 Å². The van der Waals surface area contributed by atoms with Crippen LogP contribution in [-0.4, -0.2) is 30.2 Å². The zero-order valence-electron chi connectivity index (χ0n) is 11.8. The van der Waals surface area contributed by atoms with Crippen molar-refractivity contribution in [1.82, 2.24) is 4.90 Å². The van der Waals surface area contributed by atoms with Gasteiger partial charge in [0.05, 0.1) is 12.1 Å². The molecule has 19 heavy (non-hydrogen) atoms. The molecule has 1 fully saturated rings. The second-order valence-corrected chi connectivity index (χ2v) is 6.01. The lowest BCUT2D eigenvalue weighted by Crippen LogP contribution is -2.37. The molecule has 0 saturated carbocycles. The van der Waals surface area contributed by atoms with Crippen LogP contribution in [0.4, 0.5) is 0 Å². The number of nitrogens with zero attached hydrogens (tertiary/aromatic N) is 1. The number of piperidine rings is 1. The Balaban J connectivity index is 2.09. The number of hydrogen-bond acceptors (Lipinski definition) is 3. The zero-order chi connectivity index (χ0) is 14.0. The van der Waals surface area contributed by atoms with Crippen molar-refractivity contribution in [2.45, 2.75) is 26.8 Å². The number of hydrogen-bond donors (Lipinski definition) is 1. The fourth-order valence-corrected chi connectivity index (χ4v) is 2.86. The number of aromatic hydroxyl groups is 1. The Bertz CT molecular complexity index is 450. The van der Waals surface area contributed by atoms with Crippen molar-refractivity contribution >= 4 is 11.6 Å². The van der Waals surface area contributed by atoms with Crippen molar-refractivity contribution in [3.8, 4) is 11.5 Å². The first kappa shape index (κ1) is 14.5. The minimum atomic E-state index is 0.0218. The maximum absolute atomic E-state index is 9.73. The molecule has 2 atom stereocenters. The number of methoxy groups -OCH3 is 1. The molecule has 2 unspecified atom stereocenters. The molecular weight excluding hydrogens is 262 g/mol. The standard InChI is InChI=1S/C15H22ClNO2/c1-10-4-5-17(8-11(10)2)9-12-6-13(16)15(18)14(7-12)19-3/h6-7,10-11,18H,4-5,8-9H2,1-3H3. The second-order valence-electron chi connectivity index (χ2n) is 5.61. The van der Waals surface area contributed by atoms with Crippen molar-refractivity contribution in [2.24, 2.45) is 11.8 Å². The molecule has 3 nitrogen and oxygen atoms in total. The molecule has 1 aliphatic rings. The van der Waals surface area contributed by atoms with Crippen molar-refractivity contribution < 1.29 is 9.84 Å².